The summed E-state index contributed by atoms with van der Waals surface area (Å²) in [6.45, 7) is 5.53. The highest BCUT2D eigenvalue weighted by molar-refractivity contribution is 5.95. The Morgan fingerprint density at radius 1 is 1.16 bits per heavy atom. The fourth-order valence-corrected chi connectivity index (χ4v) is 3.54. The Hall–Kier alpha value is -3.23. The largest absolute Gasteiger partial charge is 0.493 e. The second kappa shape index (κ2) is 9.28. The molecule has 0 saturated carbocycles. The molecule has 1 fully saturated rings. The monoisotopic (exact) mass is 435 g/mol. The zero-order valence-electron chi connectivity index (χ0n) is 17.4. The van der Waals surface area contributed by atoms with Crippen LogP contribution in [0.1, 0.15) is 21.5 Å². The molecule has 0 N–H and O–H groups in total. The summed E-state index contributed by atoms with van der Waals surface area (Å²) in [4.78, 5) is 20.6. The smallest absolute Gasteiger partial charge is 0.417 e. The summed E-state index contributed by atoms with van der Waals surface area (Å²) in [5.41, 5.74) is 0.497. The zero-order valence-corrected chi connectivity index (χ0v) is 17.4. The lowest BCUT2D eigenvalue weighted by atomic mass is 10.0. The Kier molecular flexibility index (Phi) is 6.72. The first-order valence-electron chi connectivity index (χ1n) is 9.71. The van der Waals surface area contributed by atoms with Crippen molar-refractivity contribution >= 4 is 11.7 Å². The van der Waals surface area contributed by atoms with E-state index in [1.807, 2.05) is 4.90 Å². The van der Waals surface area contributed by atoms with E-state index >= 15 is 0 Å². The van der Waals surface area contributed by atoms with Crippen molar-refractivity contribution in [2.45, 2.75) is 12.6 Å². The van der Waals surface area contributed by atoms with Gasteiger partial charge in [-0.1, -0.05) is 6.08 Å². The van der Waals surface area contributed by atoms with E-state index in [0.717, 1.165) is 17.8 Å². The predicted molar refractivity (Wildman–Crippen MR) is 111 cm³/mol. The third-order valence-electron chi connectivity index (χ3n) is 5.13. The van der Waals surface area contributed by atoms with Crippen LogP contribution in [0.2, 0.25) is 0 Å². The van der Waals surface area contributed by atoms with Gasteiger partial charge < -0.3 is 19.3 Å². The summed E-state index contributed by atoms with van der Waals surface area (Å²) in [6, 6.07) is 5.80. The number of carbonyl (C=O) groups excluding carboxylic acids is 1. The normalized spacial score (nSPS) is 14.4. The molecule has 0 radical (unpaired) electrons. The zero-order chi connectivity index (χ0) is 22.6. The third-order valence-corrected chi connectivity index (χ3v) is 5.13. The maximum Gasteiger partial charge on any atom is 0.417 e. The van der Waals surface area contributed by atoms with Gasteiger partial charge in [-0.2, -0.15) is 13.2 Å². The highest BCUT2D eigenvalue weighted by Gasteiger charge is 2.31. The minimum Gasteiger partial charge on any atom is -0.493 e. The molecule has 0 unspecified atom stereocenters. The summed E-state index contributed by atoms with van der Waals surface area (Å²) in [7, 11) is 3.06. The quantitative estimate of drug-likeness (QED) is 0.646. The van der Waals surface area contributed by atoms with E-state index in [0.29, 0.717) is 55.5 Å². The number of carbonyl (C=O) groups is 1. The second-order valence-corrected chi connectivity index (χ2v) is 7.05. The second-order valence-electron chi connectivity index (χ2n) is 7.05. The van der Waals surface area contributed by atoms with Crippen LogP contribution in [-0.2, 0) is 12.6 Å². The molecule has 0 aliphatic carbocycles. The van der Waals surface area contributed by atoms with Crippen LogP contribution in [0.5, 0.6) is 11.5 Å². The SMILES string of the molecule is C=CCc1cc(C(=O)N2CCN(c3ccc(C(F)(F)F)cn3)CC2)cc(OC)c1OC. The van der Waals surface area contributed by atoms with Gasteiger partial charge >= 0.3 is 6.18 Å². The van der Waals surface area contributed by atoms with Crippen LogP contribution in [0.4, 0.5) is 19.0 Å². The van der Waals surface area contributed by atoms with Crippen LogP contribution in [-0.4, -0.2) is 56.2 Å². The highest BCUT2D eigenvalue weighted by atomic mass is 19.4. The van der Waals surface area contributed by atoms with Crippen molar-refractivity contribution in [2.24, 2.45) is 0 Å². The molecule has 1 aliphatic heterocycles. The molecule has 166 valence electrons. The number of benzene rings is 1. The number of halogens is 3. The summed E-state index contributed by atoms with van der Waals surface area (Å²) in [5, 5.41) is 0. The number of pyridine rings is 1. The van der Waals surface area contributed by atoms with Gasteiger partial charge in [-0.25, -0.2) is 4.98 Å². The van der Waals surface area contributed by atoms with Crippen molar-refractivity contribution in [3.8, 4) is 11.5 Å². The molecule has 6 nitrogen and oxygen atoms in total. The van der Waals surface area contributed by atoms with Gasteiger partial charge in [0.1, 0.15) is 5.82 Å². The summed E-state index contributed by atoms with van der Waals surface area (Å²) in [6.07, 6.45) is -1.34. The number of ether oxygens (including phenoxy) is 2. The molecule has 0 bridgehead atoms. The first kappa shape index (κ1) is 22.5. The molecule has 1 amide bonds. The van der Waals surface area contributed by atoms with Crippen molar-refractivity contribution in [2.75, 3.05) is 45.3 Å². The van der Waals surface area contributed by atoms with Gasteiger partial charge in [-0.15, -0.1) is 6.58 Å². The number of aromatic nitrogens is 1. The average Bonchev–Trinajstić information content (AvgIpc) is 2.78. The van der Waals surface area contributed by atoms with Gasteiger partial charge in [0.05, 0.1) is 19.8 Å². The van der Waals surface area contributed by atoms with E-state index in [4.69, 9.17) is 9.47 Å². The minimum atomic E-state index is -4.42. The van der Waals surface area contributed by atoms with E-state index in [9.17, 15) is 18.0 Å². The number of anilines is 1. The number of hydrogen-bond donors (Lipinski definition) is 0. The molecule has 0 atom stereocenters. The van der Waals surface area contributed by atoms with E-state index in [1.54, 1.807) is 30.2 Å². The van der Waals surface area contributed by atoms with Crippen LogP contribution in [0.3, 0.4) is 0 Å². The van der Waals surface area contributed by atoms with E-state index < -0.39 is 11.7 Å². The number of hydrogen-bond acceptors (Lipinski definition) is 5. The lowest BCUT2D eigenvalue weighted by molar-refractivity contribution is -0.137. The molecular weight excluding hydrogens is 411 g/mol. The first-order valence-corrected chi connectivity index (χ1v) is 9.71. The molecule has 31 heavy (non-hydrogen) atoms. The molecule has 3 rings (SSSR count). The number of alkyl halides is 3. The number of methoxy groups -OCH3 is 2. The van der Waals surface area contributed by atoms with Crippen LogP contribution in [0, 0.1) is 0 Å². The number of amides is 1. The topological polar surface area (TPSA) is 54.9 Å². The standard InChI is InChI=1S/C22H24F3N3O3/c1-4-5-15-12-16(13-18(30-2)20(15)31-3)21(29)28-10-8-27(9-11-28)19-7-6-17(14-26-19)22(23,24)25/h4,6-7,12-14H,1,5,8-11H2,2-3H3. The number of piperazine rings is 1. The van der Waals surface area contributed by atoms with Crippen LogP contribution in [0.25, 0.3) is 0 Å². The van der Waals surface area contributed by atoms with Gasteiger partial charge in [0.15, 0.2) is 11.5 Å². The Balaban J connectivity index is 1.71. The minimum absolute atomic E-state index is 0.147. The summed E-state index contributed by atoms with van der Waals surface area (Å²) >= 11 is 0. The molecule has 1 aromatic heterocycles. The van der Waals surface area contributed by atoms with Gasteiger partial charge in [-0.3, -0.25) is 4.79 Å². The van der Waals surface area contributed by atoms with Crippen molar-refractivity contribution in [3.63, 3.8) is 0 Å². The molecule has 0 spiro atoms. The molecule has 1 aliphatic rings. The Bertz CT molecular complexity index is 937. The van der Waals surface area contributed by atoms with Gasteiger partial charge in [0.2, 0.25) is 0 Å². The van der Waals surface area contributed by atoms with Crippen molar-refractivity contribution in [1.82, 2.24) is 9.88 Å². The van der Waals surface area contributed by atoms with Crippen molar-refractivity contribution < 1.29 is 27.4 Å². The Morgan fingerprint density at radius 2 is 1.87 bits per heavy atom. The van der Waals surface area contributed by atoms with E-state index in [1.165, 1.54) is 13.2 Å². The summed E-state index contributed by atoms with van der Waals surface area (Å²) < 4.78 is 49.0. The molecule has 9 heteroatoms. The highest BCUT2D eigenvalue weighted by Crippen LogP contribution is 2.34. The molecule has 1 aromatic carbocycles. The summed E-state index contributed by atoms with van der Waals surface area (Å²) in [5.74, 6) is 1.35. The number of nitrogens with zero attached hydrogens (tertiary/aromatic N) is 3. The Labute approximate surface area is 178 Å². The fraction of sp³-hybridized carbons (Fsp3) is 0.364. The number of allylic oxidation sites excluding steroid dienone is 1. The van der Waals surface area contributed by atoms with E-state index in [2.05, 4.69) is 11.6 Å². The molecule has 2 aromatic rings. The van der Waals surface area contributed by atoms with Gasteiger partial charge in [-0.05, 0) is 30.7 Å². The molecular formula is C22H24F3N3O3. The predicted octanol–water partition coefficient (Wildman–Crippen LogP) is 3.81. The van der Waals surface area contributed by atoms with Crippen molar-refractivity contribution in [3.05, 3.63) is 59.8 Å². The van der Waals surface area contributed by atoms with Gasteiger partial charge in [0.25, 0.3) is 5.91 Å². The fourth-order valence-electron chi connectivity index (χ4n) is 3.54. The first-order chi connectivity index (χ1) is 14.8. The lowest BCUT2D eigenvalue weighted by Gasteiger charge is -2.35. The average molecular weight is 435 g/mol. The number of rotatable bonds is 6. The maximum atomic E-state index is 13.1. The van der Waals surface area contributed by atoms with Crippen LogP contribution in [0.15, 0.2) is 43.1 Å². The maximum absolute atomic E-state index is 13.1. The lowest BCUT2D eigenvalue weighted by Crippen LogP contribution is -2.49. The Morgan fingerprint density at radius 3 is 2.39 bits per heavy atom. The molecule has 1 saturated heterocycles. The van der Waals surface area contributed by atoms with Gasteiger partial charge in [0, 0.05) is 43.5 Å². The molecule has 2 heterocycles. The third kappa shape index (κ3) is 4.92. The van der Waals surface area contributed by atoms with Crippen molar-refractivity contribution in [1.29, 1.82) is 0 Å². The van der Waals surface area contributed by atoms with Crippen LogP contribution >= 0.6 is 0 Å². The van der Waals surface area contributed by atoms with E-state index in [-0.39, 0.29) is 5.91 Å². The van der Waals surface area contributed by atoms with Crippen LogP contribution < -0.4 is 14.4 Å².